The van der Waals surface area contributed by atoms with Gasteiger partial charge in [0, 0.05) is 13.1 Å². The predicted octanol–water partition coefficient (Wildman–Crippen LogP) is 2.93. The van der Waals surface area contributed by atoms with Crippen LogP contribution in [-0.4, -0.2) is 51.3 Å². The van der Waals surface area contributed by atoms with Crippen LogP contribution < -0.4 is 10.2 Å². The first-order valence-electron chi connectivity index (χ1n) is 10.8. The molecule has 2 aromatic heterocycles. The van der Waals surface area contributed by atoms with Crippen molar-refractivity contribution in [2.45, 2.75) is 43.9 Å². The van der Waals surface area contributed by atoms with E-state index >= 15 is 0 Å². The molecule has 1 N–H and O–H groups in total. The molecule has 0 radical (unpaired) electrons. The van der Waals surface area contributed by atoms with Crippen LogP contribution in [0.5, 0.6) is 0 Å². The van der Waals surface area contributed by atoms with Gasteiger partial charge in [-0.15, -0.1) is 10.2 Å². The summed E-state index contributed by atoms with van der Waals surface area (Å²) in [5, 5.41) is 12.3. The van der Waals surface area contributed by atoms with Gasteiger partial charge in [0.2, 0.25) is 11.9 Å². The fourth-order valence-electron chi connectivity index (χ4n) is 3.75. The van der Waals surface area contributed by atoms with Crippen molar-refractivity contribution < 1.29 is 14.0 Å². The highest BCUT2D eigenvalue weighted by molar-refractivity contribution is 7.99. The third kappa shape index (κ3) is 5.59. The summed E-state index contributed by atoms with van der Waals surface area (Å²) in [6, 6.07) is 12.9. The number of carbonyl (C=O) groups excluding carboxylic acids is 2. The maximum atomic E-state index is 12.6. The van der Waals surface area contributed by atoms with E-state index in [1.807, 2.05) is 47.0 Å². The quantitative estimate of drug-likeness (QED) is 0.472. The number of nitrogens with one attached hydrogen (secondary N) is 1. The SMILES string of the molecule is CC(=O)C(Cc1ccccc1)NC(=O)CSc1nnc(N2CCCC2)n1Cc1ccco1. The lowest BCUT2D eigenvalue weighted by atomic mass is 10.0. The molecule has 0 aliphatic carbocycles. The Morgan fingerprint density at radius 2 is 1.91 bits per heavy atom. The summed E-state index contributed by atoms with van der Waals surface area (Å²) < 4.78 is 7.51. The summed E-state index contributed by atoms with van der Waals surface area (Å²) in [6.45, 7) is 3.89. The van der Waals surface area contributed by atoms with Crippen molar-refractivity contribution in [3.63, 3.8) is 0 Å². The van der Waals surface area contributed by atoms with Gasteiger partial charge in [0.25, 0.3) is 0 Å². The van der Waals surface area contributed by atoms with E-state index in [-0.39, 0.29) is 17.4 Å². The van der Waals surface area contributed by atoms with E-state index in [0.717, 1.165) is 43.2 Å². The number of amides is 1. The van der Waals surface area contributed by atoms with Crippen LogP contribution in [0.25, 0.3) is 0 Å². The molecule has 1 unspecified atom stereocenters. The molecule has 0 spiro atoms. The highest BCUT2D eigenvalue weighted by Crippen LogP contribution is 2.26. The van der Waals surface area contributed by atoms with Crippen LogP contribution in [-0.2, 0) is 22.6 Å². The molecule has 3 aromatic rings. The molecule has 0 saturated carbocycles. The number of carbonyl (C=O) groups is 2. The largest absolute Gasteiger partial charge is 0.467 e. The van der Waals surface area contributed by atoms with Crippen LogP contribution >= 0.6 is 11.8 Å². The third-order valence-corrected chi connectivity index (χ3v) is 6.39. The van der Waals surface area contributed by atoms with Crippen molar-refractivity contribution in [2.75, 3.05) is 23.7 Å². The molecule has 1 amide bonds. The number of hydrogen-bond donors (Lipinski definition) is 1. The molecule has 9 heteroatoms. The van der Waals surface area contributed by atoms with Crippen molar-refractivity contribution in [3.8, 4) is 0 Å². The first-order chi connectivity index (χ1) is 15.6. The van der Waals surface area contributed by atoms with E-state index in [2.05, 4.69) is 20.4 Å². The normalized spacial score (nSPS) is 14.5. The molecule has 1 saturated heterocycles. The Labute approximate surface area is 191 Å². The Morgan fingerprint density at radius 3 is 2.59 bits per heavy atom. The average Bonchev–Trinajstić information content (AvgIpc) is 3.55. The molecular formula is C23H27N5O3S. The summed E-state index contributed by atoms with van der Waals surface area (Å²) in [6.07, 6.45) is 4.38. The van der Waals surface area contributed by atoms with Gasteiger partial charge < -0.3 is 14.6 Å². The second-order valence-electron chi connectivity index (χ2n) is 7.85. The van der Waals surface area contributed by atoms with Gasteiger partial charge in [0.05, 0.1) is 24.6 Å². The van der Waals surface area contributed by atoms with Gasteiger partial charge in [-0.2, -0.15) is 0 Å². The molecule has 1 fully saturated rings. The van der Waals surface area contributed by atoms with Gasteiger partial charge in [-0.3, -0.25) is 14.2 Å². The van der Waals surface area contributed by atoms with Gasteiger partial charge in [-0.25, -0.2) is 0 Å². The lowest BCUT2D eigenvalue weighted by Gasteiger charge is -2.18. The van der Waals surface area contributed by atoms with Crippen molar-refractivity contribution in [1.82, 2.24) is 20.1 Å². The van der Waals surface area contributed by atoms with E-state index in [1.54, 1.807) is 6.26 Å². The first-order valence-corrected chi connectivity index (χ1v) is 11.8. The van der Waals surface area contributed by atoms with Crippen LogP contribution in [0.3, 0.4) is 0 Å². The van der Waals surface area contributed by atoms with Crippen LogP contribution in [0, 0.1) is 0 Å². The van der Waals surface area contributed by atoms with Crippen molar-refractivity contribution in [3.05, 3.63) is 60.1 Å². The number of benzene rings is 1. The Morgan fingerprint density at radius 1 is 1.12 bits per heavy atom. The molecule has 1 aromatic carbocycles. The van der Waals surface area contributed by atoms with Crippen molar-refractivity contribution >= 4 is 29.4 Å². The van der Waals surface area contributed by atoms with E-state index in [4.69, 9.17) is 4.42 Å². The minimum Gasteiger partial charge on any atom is -0.467 e. The van der Waals surface area contributed by atoms with E-state index in [0.29, 0.717) is 18.1 Å². The van der Waals surface area contributed by atoms with E-state index < -0.39 is 6.04 Å². The highest BCUT2D eigenvalue weighted by atomic mass is 32.2. The number of nitrogens with zero attached hydrogens (tertiary/aromatic N) is 4. The van der Waals surface area contributed by atoms with Crippen LogP contribution in [0.2, 0.25) is 0 Å². The Kier molecular flexibility index (Phi) is 7.26. The lowest BCUT2D eigenvalue weighted by Crippen LogP contribution is -2.42. The zero-order valence-corrected chi connectivity index (χ0v) is 18.9. The minimum atomic E-state index is -0.549. The maximum absolute atomic E-state index is 12.6. The highest BCUT2D eigenvalue weighted by Gasteiger charge is 2.23. The molecule has 1 atom stereocenters. The van der Waals surface area contributed by atoms with Gasteiger partial charge in [0.15, 0.2) is 10.9 Å². The summed E-state index contributed by atoms with van der Waals surface area (Å²) in [5.74, 6) is 1.48. The first kappa shape index (κ1) is 22.1. The Hall–Kier alpha value is -3.07. The molecule has 1 aliphatic rings. The lowest BCUT2D eigenvalue weighted by molar-refractivity contribution is -0.125. The van der Waals surface area contributed by atoms with Crippen molar-refractivity contribution in [1.29, 1.82) is 0 Å². The summed E-state index contributed by atoms with van der Waals surface area (Å²) in [5.41, 5.74) is 1.01. The Balaban J connectivity index is 1.41. The van der Waals surface area contributed by atoms with Gasteiger partial charge in [-0.05, 0) is 43.9 Å². The fourth-order valence-corrected chi connectivity index (χ4v) is 4.49. The number of hydrogen-bond acceptors (Lipinski definition) is 7. The average molecular weight is 454 g/mol. The maximum Gasteiger partial charge on any atom is 0.231 e. The molecular weight excluding hydrogens is 426 g/mol. The van der Waals surface area contributed by atoms with Gasteiger partial charge in [-0.1, -0.05) is 42.1 Å². The van der Waals surface area contributed by atoms with E-state index in [1.165, 1.54) is 18.7 Å². The second kappa shape index (κ2) is 10.5. The topological polar surface area (TPSA) is 93.3 Å². The number of aromatic nitrogens is 3. The van der Waals surface area contributed by atoms with E-state index in [9.17, 15) is 9.59 Å². The standard InChI is InChI=1S/C23H27N5O3S/c1-17(29)20(14-18-8-3-2-4-9-18)24-21(30)16-32-23-26-25-22(27-11-5-6-12-27)28(23)15-19-10-7-13-31-19/h2-4,7-10,13,20H,5-6,11-12,14-16H2,1H3,(H,24,30). The number of ketones is 1. The summed E-state index contributed by atoms with van der Waals surface area (Å²) in [4.78, 5) is 26.9. The third-order valence-electron chi connectivity index (χ3n) is 5.42. The monoisotopic (exact) mass is 453 g/mol. The van der Waals surface area contributed by atoms with Crippen LogP contribution in [0.15, 0.2) is 58.3 Å². The molecule has 1 aliphatic heterocycles. The molecule has 0 bridgehead atoms. The van der Waals surface area contributed by atoms with Gasteiger partial charge in [0.1, 0.15) is 5.76 Å². The second-order valence-corrected chi connectivity index (χ2v) is 8.79. The zero-order valence-electron chi connectivity index (χ0n) is 18.1. The zero-order chi connectivity index (χ0) is 22.3. The molecule has 32 heavy (non-hydrogen) atoms. The number of thioether (sulfide) groups is 1. The molecule has 3 heterocycles. The number of Topliss-reactive ketones (excluding diaryl/α,β-unsaturated/α-hetero) is 1. The number of rotatable bonds is 10. The minimum absolute atomic E-state index is 0.0653. The number of anilines is 1. The van der Waals surface area contributed by atoms with Crippen LogP contribution in [0.1, 0.15) is 31.1 Å². The van der Waals surface area contributed by atoms with Crippen molar-refractivity contribution in [2.24, 2.45) is 0 Å². The molecule has 8 nitrogen and oxygen atoms in total. The fraction of sp³-hybridized carbons (Fsp3) is 0.391. The number of furan rings is 1. The summed E-state index contributed by atoms with van der Waals surface area (Å²) in [7, 11) is 0. The smallest absolute Gasteiger partial charge is 0.231 e. The van der Waals surface area contributed by atoms with Gasteiger partial charge >= 0.3 is 0 Å². The molecule has 168 valence electrons. The predicted molar refractivity (Wildman–Crippen MR) is 123 cm³/mol. The Bertz CT molecular complexity index is 1030. The van der Waals surface area contributed by atoms with Crippen LogP contribution in [0.4, 0.5) is 5.95 Å². The summed E-state index contributed by atoms with van der Waals surface area (Å²) >= 11 is 1.31. The molecule has 4 rings (SSSR count).